The number of aromatic nitrogens is 1. The average molecular weight is 262 g/mol. The summed E-state index contributed by atoms with van der Waals surface area (Å²) in [6.45, 7) is 1.86. The first-order valence-electron chi connectivity index (χ1n) is 5.26. The van der Waals surface area contributed by atoms with Gasteiger partial charge in [-0.15, -0.1) is 0 Å². The van der Waals surface area contributed by atoms with Crippen LogP contribution in [0, 0.1) is 12.7 Å². The summed E-state index contributed by atoms with van der Waals surface area (Å²) in [7, 11) is 0. The molecule has 2 rings (SSSR count). The fourth-order valence-corrected chi connectivity index (χ4v) is 1.54. The second-order valence-corrected chi connectivity index (χ2v) is 4.22. The maximum atomic E-state index is 13.5. The van der Waals surface area contributed by atoms with Crippen molar-refractivity contribution < 1.29 is 9.13 Å². The molecular weight excluding hydrogens is 251 g/mol. The van der Waals surface area contributed by atoms with E-state index in [9.17, 15) is 4.39 Å². The Balaban J connectivity index is 2.31. The monoisotopic (exact) mass is 262 g/mol. The number of aryl methyl sites for hydroxylation is 1. The quantitative estimate of drug-likeness (QED) is 0.864. The number of hydrogen-bond acceptors (Lipinski definition) is 3. The van der Waals surface area contributed by atoms with Crippen molar-refractivity contribution in [3.05, 3.63) is 53.6 Å². The molecule has 2 aromatic rings. The first-order valence-corrected chi connectivity index (χ1v) is 5.67. The molecule has 1 aromatic heterocycles. The van der Waals surface area contributed by atoms with Gasteiger partial charge in [-0.3, -0.25) is 4.98 Å². The Bertz CT molecular complexity index is 601. The number of hydrogen-bond donors (Lipinski definition) is 1. The van der Waals surface area contributed by atoms with Crippen molar-refractivity contribution in [2.75, 3.05) is 0 Å². The fourth-order valence-electron chi connectivity index (χ4n) is 1.43. The summed E-state index contributed by atoms with van der Waals surface area (Å²) < 4.78 is 19.0. The van der Waals surface area contributed by atoms with Crippen molar-refractivity contribution >= 4 is 17.2 Å². The van der Waals surface area contributed by atoms with Gasteiger partial charge in [0.25, 0.3) is 0 Å². The number of rotatable bonds is 3. The minimum Gasteiger partial charge on any atom is -0.454 e. The molecule has 0 radical (unpaired) electrons. The van der Waals surface area contributed by atoms with Gasteiger partial charge in [-0.25, -0.2) is 4.39 Å². The molecule has 1 aromatic carbocycles. The molecule has 3 nitrogen and oxygen atoms in total. The van der Waals surface area contributed by atoms with E-state index in [0.29, 0.717) is 11.4 Å². The predicted octanol–water partition coefficient (Wildman–Crippen LogP) is 2.96. The number of halogens is 1. The summed E-state index contributed by atoms with van der Waals surface area (Å²) in [6.07, 6.45) is 1.51. The van der Waals surface area contributed by atoms with E-state index in [-0.39, 0.29) is 10.7 Å². The Morgan fingerprint density at radius 1 is 1.33 bits per heavy atom. The second-order valence-electron chi connectivity index (χ2n) is 3.78. The molecule has 0 fully saturated rings. The largest absolute Gasteiger partial charge is 0.454 e. The van der Waals surface area contributed by atoms with Gasteiger partial charge in [0.2, 0.25) is 0 Å². The van der Waals surface area contributed by atoms with Crippen molar-refractivity contribution in [1.82, 2.24) is 4.98 Å². The lowest BCUT2D eigenvalue weighted by atomic mass is 10.2. The highest BCUT2D eigenvalue weighted by atomic mass is 32.1. The smallest absolute Gasteiger partial charge is 0.165 e. The van der Waals surface area contributed by atoms with Gasteiger partial charge in [0, 0.05) is 12.3 Å². The van der Waals surface area contributed by atoms with Gasteiger partial charge >= 0.3 is 0 Å². The Morgan fingerprint density at radius 3 is 2.83 bits per heavy atom. The van der Waals surface area contributed by atoms with Crippen LogP contribution in [0.4, 0.5) is 4.39 Å². The zero-order valence-electron chi connectivity index (χ0n) is 9.68. The van der Waals surface area contributed by atoms with Crippen molar-refractivity contribution in [3.8, 4) is 11.5 Å². The molecule has 5 heteroatoms. The predicted molar refractivity (Wildman–Crippen MR) is 71.3 cm³/mol. The molecule has 0 unspecified atom stereocenters. The van der Waals surface area contributed by atoms with E-state index < -0.39 is 5.82 Å². The molecule has 0 saturated heterocycles. The van der Waals surface area contributed by atoms with Crippen LogP contribution in [-0.4, -0.2) is 9.97 Å². The van der Waals surface area contributed by atoms with Gasteiger partial charge < -0.3 is 10.5 Å². The zero-order valence-corrected chi connectivity index (χ0v) is 10.5. The summed E-state index contributed by atoms with van der Waals surface area (Å²) in [5, 5.41) is 0. The third-order valence-corrected chi connectivity index (χ3v) is 2.51. The first kappa shape index (κ1) is 12.4. The van der Waals surface area contributed by atoms with Crippen molar-refractivity contribution in [1.29, 1.82) is 0 Å². The van der Waals surface area contributed by atoms with Crippen LogP contribution < -0.4 is 10.5 Å². The van der Waals surface area contributed by atoms with E-state index in [1.54, 1.807) is 24.3 Å². The number of pyridine rings is 1. The molecule has 0 aliphatic heterocycles. The van der Waals surface area contributed by atoms with Gasteiger partial charge in [0.15, 0.2) is 11.6 Å². The van der Waals surface area contributed by atoms with E-state index in [1.807, 2.05) is 6.92 Å². The SMILES string of the molecule is Cc1ccc(F)c(Oc2ccnc(C(N)=S)c2)c1. The Labute approximate surface area is 109 Å². The maximum absolute atomic E-state index is 13.5. The minimum absolute atomic E-state index is 0.162. The fraction of sp³-hybridized carbons (Fsp3) is 0.0769. The zero-order chi connectivity index (χ0) is 13.1. The molecule has 2 N–H and O–H groups in total. The molecule has 0 saturated carbocycles. The lowest BCUT2D eigenvalue weighted by Crippen LogP contribution is -2.11. The summed E-state index contributed by atoms with van der Waals surface area (Å²) in [5.41, 5.74) is 6.82. The standard InChI is InChI=1S/C13H11FN2OS/c1-8-2-3-10(14)12(6-8)17-9-4-5-16-11(7-9)13(15)18/h2-7H,1H3,(H2,15,18). The molecule has 92 valence electrons. The highest BCUT2D eigenvalue weighted by molar-refractivity contribution is 7.80. The first-order chi connectivity index (χ1) is 8.56. The van der Waals surface area contributed by atoms with Gasteiger partial charge in [-0.2, -0.15) is 0 Å². The summed E-state index contributed by atoms with van der Waals surface area (Å²) >= 11 is 4.82. The van der Waals surface area contributed by atoms with Gasteiger partial charge in [-0.05, 0) is 30.7 Å². The number of thiocarbonyl (C=S) groups is 1. The lowest BCUT2D eigenvalue weighted by molar-refractivity contribution is 0.441. The highest BCUT2D eigenvalue weighted by Gasteiger charge is 2.06. The Morgan fingerprint density at radius 2 is 2.11 bits per heavy atom. The average Bonchev–Trinajstić information content (AvgIpc) is 2.34. The summed E-state index contributed by atoms with van der Waals surface area (Å²) in [6, 6.07) is 7.85. The molecule has 0 bridgehead atoms. The number of ether oxygens (including phenoxy) is 1. The van der Waals surface area contributed by atoms with Crippen LogP contribution in [0.15, 0.2) is 36.5 Å². The molecular formula is C13H11FN2OS. The van der Waals surface area contributed by atoms with E-state index in [4.69, 9.17) is 22.7 Å². The van der Waals surface area contributed by atoms with Crippen LogP contribution in [0.3, 0.4) is 0 Å². The molecule has 0 spiro atoms. The van der Waals surface area contributed by atoms with Crippen LogP contribution in [0.1, 0.15) is 11.3 Å². The second kappa shape index (κ2) is 5.10. The molecule has 1 heterocycles. The van der Waals surface area contributed by atoms with Crippen LogP contribution >= 0.6 is 12.2 Å². The molecule has 0 aliphatic carbocycles. The third kappa shape index (κ3) is 2.81. The summed E-state index contributed by atoms with van der Waals surface area (Å²) in [4.78, 5) is 4.15. The number of nitrogens with two attached hydrogens (primary N) is 1. The molecule has 0 amide bonds. The van der Waals surface area contributed by atoms with Crippen LogP contribution in [0.2, 0.25) is 0 Å². The number of nitrogens with zero attached hydrogens (tertiary/aromatic N) is 1. The Kier molecular flexibility index (Phi) is 3.53. The van der Waals surface area contributed by atoms with Crippen molar-refractivity contribution in [2.45, 2.75) is 6.92 Å². The van der Waals surface area contributed by atoms with Crippen molar-refractivity contribution in [3.63, 3.8) is 0 Å². The maximum Gasteiger partial charge on any atom is 0.165 e. The summed E-state index contributed by atoms with van der Waals surface area (Å²) in [5.74, 6) is 0.182. The molecule has 18 heavy (non-hydrogen) atoms. The minimum atomic E-state index is -0.422. The van der Waals surface area contributed by atoms with E-state index in [1.165, 1.54) is 12.3 Å². The van der Waals surface area contributed by atoms with Gasteiger partial charge in [0.05, 0.1) is 0 Å². The molecule has 0 atom stereocenters. The lowest BCUT2D eigenvalue weighted by Gasteiger charge is -2.08. The Hall–Kier alpha value is -2.01. The van der Waals surface area contributed by atoms with Gasteiger partial charge in [-0.1, -0.05) is 18.3 Å². The van der Waals surface area contributed by atoms with Gasteiger partial charge in [0.1, 0.15) is 16.4 Å². The van der Waals surface area contributed by atoms with Crippen LogP contribution in [0.25, 0.3) is 0 Å². The molecule has 0 aliphatic rings. The van der Waals surface area contributed by atoms with Crippen LogP contribution in [-0.2, 0) is 0 Å². The topological polar surface area (TPSA) is 48.1 Å². The van der Waals surface area contributed by atoms with E-state index in [2.05, 4.69) is 4.98 Å². The third-order valence-electron chi connectivity index (χ3n) is 2.30. The highest BCUT2D eigenvalue weighted by Crippen LogP contribution is 2.25. The van der Waals surface area contributed by atoms with Crippen LogP contribution in [0.5, 0.6) is 11.5 Å². The van der Waals surface area contributed by atoms with E-state index >= 15 is 0 Å². The normalized spacial score (nSPS) is 10.1. The number of benzene rings is 1. The van der Waals surface area contributed by atoms with E-state index in [0.717, 1.165) is 5.56 Å². The van der Waals surface area contributed by atoms with Crippen molar-refractivity contribution in [2.24, 2.45) is 5.73 Å².